The van der Waals surface area contributed by atoms with Crippen molar-refractivity contribution in [3.05, 3.63) is 71.5 Å². The molecule has 2 aromatic rings. The molecule has 0 aliphatic rings. The smallest absolute Gasteiger partial charge is 0.123 e. The lowest BCUT2D eigenvalue weighted by Gasteiger charge is -2.24. The van der Waals surface area contributed by atoms with Gasteiger partial charge in [-0.1, -0.05) is 42.5 Å². The van der Waals surface area contributed by atoms with Crippen LogP contribution in [0.15, 0.2) is 54.6 Å². The first-order valence-corrected chi connectivity index (χ1v) is 7.26. The summed E-state index contributed by atoms with van der Waals surface area (Å²) in [4.78, 5) is 0. The highest BCUT2D eigenvalue weighted by Crippen LogP contribution is 2.08. The average Bonchev–Trinajstić information content (AvgIpc) is 2.50. The Kier molecular flexibility index (Phi) is 6.03. The molecule has 5 N–H and O–H groups in total. The van der Waals surface area contributed by atoms with Crippen LogP contribution in [0.4, 0.5) is 4.39 Å². The number of halogens is 1. The van der Waals surface area contributed by atoms with Crippen molar-refractivity contribution in [2.24, 2.45) is 11.6 Å². The molecule has 0 aliphatic carbocycles. The molecular weight excluding hydrogens is 281 g/mol. The van der Waals surface area contributed by atoms with Crippen LogP contribution in [0.2, 0.25) is 0 Å². The Morgan fingerprint density at radius 2 is 1.64 bits per heavy atom. The van der Waals surface area contributed by atoms with Crippen LogP contribution < -0.4 is 11.6 Å². The van der Waals surface area contributed by atoms with Gasteiger partial charge in [-0.3, -0.25) is 5.84 Å². The quantitative estimate of drug-likeness (QED) is 0.534. The van der Waals surface area contributed by atoms with E-state index in [0.717, 1.165) is 11.1 Å². The second kappa shape index (κ2) is 8.00. The summed E-state index contributed by atoms with van der Waals surface area (Å²) < 4.78 is 12.8. The number of benzene rings is 2. The summed E-state index contributed by atoms with van der Waals surface area (Å²) in [5, 5.41) is 11.7. The Morgan fingerprint density at radius 3 is 2.27 bits per heavy atom. The monoisotopic (exact) mass is 303 g/mol. The van der Waals surface area contributed by atoms with E-state index in [1.165, 1.54) is 17.1 Å². The zero-order chi connectivity index (χ0) is 15.9. The number of hydrazine groups is 1. The van der Waals surface area contributed by atoms with Gasteiger partial charge in [0.05, 0.1) is 6.10 Å². The molecule has 0 heterocycles. The average molecular weight is 303 g/mol. The van der Waals surface area contributed by atoms with Crippen LogP contribution in [0, 0.1) is 5.82 Å². The van der Waals surface area contributed by atoms with E-state index < -0.39 is 6.10 Å². The summed E-state index contributed by atoms with van der Waals surface area (Å²) in [6, 6.07) is 15.5. The van der Waals surface area contributed by atoms with Crippen molar-refractivity contribution in [3.63, 3.8) is 0 Å². The molecule has 2 atom stereocenters. The molecule has 0 aromatic heterocycles. The topological polar surface area (TPSA) is 75.5 Å². The first-order valence-electron chi connectivity index (χ1n) is 7.26. The van der Waals surface area contributed by atoms with Gasteiger partial charge in [0.1, 0.15) is 5.82 Å². The molecule has 5 heteroatoms. The maximum Gasteiger partial charge on any atom is 0.123 e. The maximum absolute atomic E-state index is 12.8. The van der Waals surface area contributed by atoms with Crippen molar-refractivity contribution in [2.45, 2.75) is 25.1 Å². The number of nitrogens with two attached hydrogens (primary N) is 2. The highest BCUT2D eigenvalue weighted by molar-refractivity contribution is 5.17. The number of aliphatic hydroxyl groups excluding tert-OH is 1. The normalized spacial score (nSPS) is 14.0. The van der Waals surface area contributed by atoms with E-state index in [4.69, 9.17) is 11.6 Å². The lowest BCUT2D eigenvalue weighted by atomic mass is 10.0. The van der Waals surface area contributed by atoms with Crippen molar-refractivity contribution in [1.82, 2.24) is 5.01 Å². The first kappa shape index (κ1) is 16.6. The minimum Gasteiger partial charge on any atom is -0.390 e. The Labute approximate surface area is 130 Å². The van der Waals surface area contributed by atoms with Gasteiger partial charge in [-0.2, -0.15) is 0 Å². The minimum absolute atomic E-state index is 0.255. The third-order valence-corrected chi connectivity index (χ3v) is 3.53. The van der Waals surface area contributed by atoms with E-state index in [1.807, 2.05) is 30.3 Å². The molecule has 2 aromatic carbocycles. The number of aliphatic hydroxyl groups is 1. The fraction of sp³-hybridized carbons (Fsp3) is 0.294. The van der Waals surface area contributed by atoms with Crippen molar-refractivity contribution in [1.29, 1.82) is 0 Å². The molecule has 0 amide bonds. The molecule has 0 spiro atoms. The van der Waals surface area contributed by atoms with Gasteiger partial charge in [-0.05, 0) is 29.7 Å². The van der Waals surface area contributed by atoms with E-state index >= 15 is 0 Å². The fourth-order valence-corrected chi connectivity index (χ4v) is 2.29. The zero-order valence-corrected chi connectivity index (χ0v) is 12.4. The van der Waals surface area contributed by atoms with Crippen molar-refractivity contribution in [2.75, 3.05) is 6.54 Å². The first-order chi connectivity index (χ1) is 10.5. The molecular formula is C17H22FN3O. The molecule has 118 valence electrons. The summed E-state index contributed by atoms with van der Waals surface area (Å²) in [7, 11) is 0. The fourth-order valence-electron chi connectivity index (χ4n) is 2.29. The highest BCUT2D eigenvalue weighted by atomic mass is 19.1. The Bertz CT molecular complexity index is 562. The number of hydrogen-bond acceptors (Lipinski definition) is 4. The number of hydrogen-bond donors (Lipinski definition) is 3. The third-order valence-electron chi connectivity index (χ3n) is 3.53. The predicted molar refractivity (Wildman–Crippen MR) is 85.1 cm³/mol. The van der Waals surface area contributed by atoms with E-state index in [0.29, 0.717) is 13.0 Å². The Hall–Kier alpha value is -1.79. The predicted octanol–water partition coefficient (Wildman–Crippen LogP) is 1.43. The highest BCUT2D eigenvalue weighted by Gasteiger charge is 2.17. The summed E-state index contributed by atoms with van der Waals surface area (Å²) >= 11 is 0. The zero-order valence-electron chi connectivity index (χ0n) is 12.4. The summed E-state index contributed by atoms with van der Waals surface area (Å²) in [5.41, 5.74) is 7.99. The number of nitrogens with zero attached hydrogens (tertiary/aromatic N) is 1. The molecule has 4 nitrogen and oxygen atoms in total. The standard InChI is InChI=1S/C17H22FN3O/c18-15-8-6-14(7-9-15)11-21(20)12-17(22)16(19)10-13-4-2-1-3-5-13/h1-9,16-17,22H,10-12,19-20H2/t16-,17-/m0/s1. The summed E-state index contributed by atoms with van der Waals surface area (Å²) in [5.74, 6) is 5.62. The van der Waals surface area contributed by atoms with Crippen LogP contribution in [0.1, 0.15) is 11.1 Å². The lowest BCUT2D eigenvalue weighted by molar-refractivity contribution is 0.0877. The van der Waals surface area contributed by atoms with Gasteiger partial charge in [0.25, 0.3) is 0 Å². The van der Waals surface area contributed by atoms with E-state index in [1.54, 1.807) is 12.1 Å². The van der Waals surface area contributed by atoms with Crippen molar-refractivity contribution in [3.8, 4) is 0 Å². The van der Waals surface area contributed by atoms with E-state index in [-0.39, 0.29) is 18.4 Å². The molecule has 0 bridgehead atoms. The molecule has 0 saturated heterocycles. The molecule has 0 aliphatic heterocycles. The largest absolute Gasteiger partial charge is 0.390 e. The Balaban J connectivity index is 1.82. The van der Waals surface area contributed by atoms with E-state index in [9.17, 15) is 9.50 Å². The third kappa shape index (κ3) is 5.20. The van der Waals surface area contributed by atoms with Crippen LogP contribution in [-0.4, -0.2) is 28.8 Å². The van der Waals surface area contributed by atoms with Gasteiger partial charge < -0.3 is 10.8 Å². The molecule has 0 saturated carbocycles. The van der Waals surface area contributed by atoms with Crippen LogP contribution in [0.25, 0.3) is 0 Å². The van der Waals surface area contributed by atoms with Gasteiger partial charge in [0, 0.05) is 19.1 Å². The molecule has 2 rings (SSSR count). The van der Waals surface area contributed by atoms with Gasteiger partial charge in [-0.25, -0.2) is 9.40 Å². The molecule has 0 radical (unpaired) electrons. The summed E-state index contributed by atoms with van der Waals surface area (Å²) in [6.07, 6.45) is -0.141. The maximum atomic E-state index is 12.8. The Morgan fingerprint density at radius 1 is 1.00 bits per heavy atom. The van der Waals surface area contributed by atoms with Crippen LogP contribution >= 0.6 is 0 Å². The van der Waals surface area contributed by atoms with Gasteiger partial charge in [-0.15, -0.1) is 0 Å². The van der Waals surface area contributed by atoms with Gasteiger partial charge in [0.2, 0.25) is 0 Å². The van der Waals surface area contributed by atoms with Gasteiger partial charge in [0.15, 0.2) is 0 Å². The van der Waals surface area contributed by atoms with Crippen LogP contribution in [0.3, 0.4) is 0 Å². The molecule has 0 unspecified atom stereocenters. The minimum atomic E-state index is -0.731. The number of rotatable bonds is 7. The second-order valence-corrected chi connectivity index (χ2v) is 5.48. The lowest BCUT2D eigenvalue weighted by Crippen LogP contribution is -2.46. The SMILES string of the molecule is N[C@@H](Cc1ccccc1)[C@@H](O)CN(N)Cc1ccc(F)cc1. The van der Waals surface area contributed by atoms with Crippen LogP contribution in [-0.2, 0) is 13.0 Å². The van der Waals surface area contributed by atoms with Crippen LogP contribution in [0.5, 0.6) is 0 Å². The van der Waals surface area contributed by atoms with Crippen molar-refractivity contribution < 1.29 is 9.50 Å². The van der Waals surface area contributed by atoms with Gasteiger partial charge >= 0.3 is 0 Å². The molecule has 0 fully saturated rings. The van der Waals surface area contributed by atoms with Crippen molar-refractivity contribution >= 4 is 0 Å². The van der Waals surface area contributed by atoms with E-state index in [2.05, 4.69) is 0 Å². The molecule has 22 heavy (non-hydrogen) atoms. The summed E-state index contributed by atoms with van der Waals surface area (Å²) in [6.45, 7) is 0.681. The second-order valence-electron chi connectivity index (χ2n) is 5.48.